The summed E-state index contributed by atoms with van der Waals surface area (Å²) in [5.74, 6) is 0.350. The molecule has 0 aromatic carbocycles. The first-order valence-electron chi connectivity index (χ1n) is 8.61. The van der Waals surface area contributed by atoms with Gasteiger partial charge in [-0.3, -0.25) is 4.79 Å². The van der Waals surface area contributed by atoms with E-state index >= 15 is 0 Å². The molecule has 3 aromatic rings. The van der Waals surface area contributed by atoms with Crippen molar-refractivity contribution in [2.75, 3.05) is 13.1 Å². The third kappa shape index (κ3) is 2.97. The summed E-state index contributed by atoms with van der Waals surface area (Å²) in [6.07, 6.45) is 5.78. The molecule has 2 N–H and O–H groups in total. The Bertz CT molecular complexity index is 1000. The molecule has 0 amide bonds. The van der Waals surface area contributed by atoms with Crippen LogP contribution in [-0.2, 0) is 4.87 Å². The van der Waals surface area contributed by atoms with Crippen molar-refractivity contribution < 1.29 is 0 Å². The number of aromatic nitrogens is 4. The average molecular weight is 412 g/mol. The van der Waals surface area contributed by atoms with E-state index in [-0.39, 0.29) is 22.8 Å². The highest BCUT2D eigenvalue weighted by atomic mass is 35.5. The Labute approximate surface area is 165 Å². The number of halogens is 2. The molecule has 4 heterocycles. The lowest BCUT2D eigenvalue weighted by Crippen LogP contribution is -2.28. The zero-order valence-corrected chi connectivity index (χ0v) is 16.4. The van der Waals surface area contributed by atoms with E-state index in [0.29, 0.717) is 5.92 Å². The second-order valence-corrected chi connectivity index (χ2v) is 8.49. The number of nitrogens with one attached hydrogen (secondary N) is 2. The number of rotatable bonds is 3. The lowest BCUT2D eigenvalue weighted by atomic mass is 9.94. The Hall–Kier alpha value is -1.41. The number of piperidine rings is 1. The normalized spacial score (nSPS) is 19.4. The Morgan fingerprint density at radius 2 is 2.08 bits per heavy atom. The smallest absolute Gasteiger partial charge is 0.251 e. The number of nitrogens with zero attached hydrogens (tertiary/aromatic N) is 3. The zero-order chi connectivity index (χ0) is 17.0. The molecule has 9 heteroatoms. The lowest BCUT2D eigenvalue weighted by Gasteiger charge is -2.23. The summed E-state index contributed by atoms with van der Waals surface area (Å²) in [5, 5.41) is 10.8. The van der Waals surface area contributed by atoms with Crippen LogP contribution in [0.5, 0.6) is 0 Å². The third-order valence-corrected chi connectivity index (χ3v) is 6.62. The van der Waals surface area contributed by atoms with Crippen LogP contribution in [-0.4, -0.2) is 32.7 Å². The highest BCUT2D eigenvalue weighted by molar-refractivity contribution is 7.13. The van der Waals surface area contributed by atoms with Gasteiger partial charge in [0.15, 0.2) is 0 Å². The zero-order valence-electron chi connectivity index (χ0n) is 14.0. The van der Waals surface area contributed by atoms with E-state index in [0.717, 1.165) is 66.4 Å². The van der Waals surface area contributed by atoms with Crippen LogP contribution in [0.1, 0.15) is 43.0 Å². The van der Waals surface area contributed by atoms with Gasteiger partial charge in [0.05, 0.1) is 28.0 Å². The molecule has 3 aromatic heterocycles. The van der Waals surface area contributed by atoms with Gasteiger partial charge in [-0.25, -0.2) is 9.50 Å². The molecule has 1 saturated carbocycles. The molecule has 0 unspecified atom stereocenters. The first kappa shape index (κ1) is 18.0. The monoisotopic (exact) mass is 411 g/mol. The molecule has 26 heavy (non-hydrogen) atoms. The van der Waals surface area contributed by atoms with Gasteiger partial charge < -0.3 is 10.3 Å². The van der Waals surface area contributed by atoms with Crippen molar-refractivity contribution in [3.8, 4) is 10.6 Å². The Morgan fingerprint density at radius 1 is 1.31 bits per heavy atom. The minimum absolute atomic E-state index is 0. The maximum Gasteiger partial charge on any atom is 0.251 e. The average Bonchev–Trinajstić information content (AvgIpc) is 3.03. The van der Waals surface area contributed by atoms with Gasteiger partial charge in [-0.1, -0.05) is 0 Å². The number of H-pyrrole nitrogens is 1. The van der Waals surface area contributed by atoms with Crippen LogP contribution in [0.2, 0.25) is 0 Å². The molecule has 6 nitrogen and oxygen atoms in total. The van der Waals surface area contributed by atoms with Gasteiger partial charge in [-0.2, -0.15) is 5.10 Å². The van der Waals surface area contributed by atoms with Crippen molar-refractivity contribution in [3.05, 3.63) is 39.4 Å². The van der Waals surface area contributed by atoms with Crippen molar-refractivity contribution in [3.63, 3.8) is 0 Å². The van der Waals surface area contributed by atoms with Crippen LogP contribution in [0.15, 0.2) is 22.4 Å². The van der Waals surface area contributed by atoms with Gasteiger partial charge in [0.2, 0.25) is 0 Å². The van der Waals surface area contributed by atoms with Crippen molar-refractivity contribution >= 4 is 41.0 Å². The Kier molecular flexibility index (Phi) is 4.59. The fourth-order valence-electron chi connectivity index (χ4n) is 3.55. The van der Waals surface area contributed by atoms with Crippen molar-refractivity contribution in [1.29, 1.82) is 0 Å². The van der Waals surface area contributed by atoms with E-state index in [1.165, 1.54) is 0 Å². The van der Waals surface area contributed by atoms with Crippen LogP contribution in [0.3, 0.4) is 0 Å². The van der Waals surface area contributed by atoms with E-state index < -0.39 is 0 Å². The molecule has 138 valence electrons. The van der Waals surface area contributed by atoms with Gasteiger partial charge >= 0.3 is 0 Å². The fourth-order valence-corrected chi connectivity index (χ4v) is 4.73. The van der Waals surface area contributed by atoms with Crippen LogP contribution in [0.25, 0.3) is 16.2 Å². The van der Waals surface area contributed by atoms with Crippen molar-refractivity contribution in [1.82, 2.24) is 24.9 Å². The van der Waals surface area contributed by atoms with Crippen LogP contribution in [0, 0.1) is 0 Å². The van der Waals surface area contributed by atoms with E-state index in [9.17, 15) is 4.79 Å². The van der Waals surface area contributed by atoms with Crippen molar-refractivity contribution in [2.45, 2.75) is 36.5 Å². The summed E-state index contributed by atoms with van der Waals surface area (Å²) in [5.41, 5.74) is 3.42. The molecule has 2 fully saturated rings. The standard InChI is InChI=1S/C17H18ClN5OS.ClH/c18-17(3-4-17)13-9-25-16(21-13)11-8-20-23-12(7-14(24)22-15(11)23)10-1-5-19-6-2-10;/h7-10,19H,1-6H2,(H,22,24);1H. The molecule has 2 aliphatic rings. The van der Waals surface area contributed by atoms with E-state index in [4.69, 9.17) is 16.6 Å². The van der Waals surface area contributed by atoms with Crippen LogP contribution >= 0.6 is 35.3 Å². The number of alkyl halides is 1. The summed E-state index contributed by atoms with van der Waals surface area (Å²) in [6.45, 7) is 1.95. The third-order valence-electron chi connectivity index (χ3n) is 5.17. The summed E-state index contributed by atoms with van der Waals surface area (Å²) < 4.78 is 1.88. The second-order valence-electron chi connectivity index (χ2n) is 6.90. The summed E-state index contributed by atoms with van der Waals surface area (Å²) >= 11 is 8.03. The summed E-state index contributed by atoms with van der Waals surface area (Å²) in [7, 11) is 0. The first-order valence-corrected chi connectivity index (χ1v) is 9.87. The molecule has 0 radical (unpaired) electrons. The fraction of sp³-hybridized carbons (Fsp3) is 0.471. The number of aromatic amines is 1. The maximum absolute atomic E-state index is 12.3. The highest BCUT2D eigenvalue weighted by Gasteiger charge is 2.44. The predicted molar refractivity (Wildman–Crippen MR) is 106 cm³/mol. The largest absolute Gasteiger partial charge is 0.317 e. The number of hydrogen-bond donors (Lipinski definition) is 2. The molecule has 5 rings (SSSR count). The minimum atomic E-state index is -0.272. The van der Waals surface area contributed by atoms with Gasteiger partial charge in [0.25, 0.3) is 5.56 Å². The molecule has 0 atom stereocenters. The van der Waals surface area contributed by atoms with Gasteiger partial charge in [-0.05, 0) is 38.8 Å². The molecule has 1 saturated heterocycles. The molecule has 1 aliphatic heterocycles. The quantitative estimate of drug-likeness (QED) is 0.648. The molecule has 0 bridgehead atoms. The first-order chi connectivity index (χ1) is 12.1. The topological polar surface area (TPSA) is 75.1 Å². The molecule has 0 spiro atoms. The van der Waals surface area contributed by atoms with E-state index in [1.54, 1.807) is 23.6 Å². The second kappa shape index (κ2) is 6.64. The van der Waals surface area contributed by atoms with Crippen LogP contribution in [0.4, 0.5) is 0 Å². The summed E-state index contributed by atoms with van der Waals surface area (Å²) in [4.78, 5) is 19.6. The molecular formula is C17H19Cl2N5OS. The number of thiazole rings is 1. The summed E-state index contributed by atoms with van der Waals surface area (Å²) in [6, 6.07) is 1.69. The maximum atomic E-state index is 12.3. The van der Waals surface area contributed by atoms with Crippen molar-refractivity contribution in [2.24, 2.45) is 0 Å². The Morgan fingerprint density at radius 3 is 2.81 bits per heavy atom. The highest BCUT2D eigenvalue weighted by Crippen LogP contribution is 2.52. The van der Waals surface area contributed by atoms with E-state index in [2.05, 4.69) is 15.4 Å². The van der Waals surface area contributed by atoms with Gasteiger partial charge in [0.1, 0.15) is 10.7 Å². The Balaban J connectivity index is 0.00000168. The minimum Gasteiger partial charge on any atom is -0.317 e. The molecular weight excluding hydrogens is 393 g/mol. The van der Waals surface area contributed by atoms with Crippen LogP contribution < -0.4 is 10.9 Å². The number of fused-ring (bicyclic) bond motifs is 1. The predicted octanol–water partition coefficient (Wildman–Crippen LogP) is 3.26. The van der Waals surface area contributed by atoms with Gasteiger partial charge in [-0.15, -0.1) is 35.3 Å². The number of hydrogen-bond acceptors (Lipinski definition) is 5. The van der Waals surface area contributed by atoms with E-state index in [1.807, 2.05) is 9.90 Å². The van der Waals surface area contributed by atoms with Gasteiger partial charge in [0, 0.05) is 17.4 Å². The SMILES string of the molecule is Cl.O=c1cc(C2CCNCC2)n2ncc(-c3nc(C4(Cl)CC4)cs3)c2[nH]1. The lowest BCUT2D eigenvalue weighted by molar-refractivity contribution is 0.446. The molecule has 1 aliphatic carbocycles.